The summed E-state index contributed by atoms with van der Waals surface area (Å²) in [7, 11) is 1.69. The highest BCUT2D eigenvalue weighted by Crippen LogP contribution is 2.18. The maximum atomic E-state index is 12.3. The molecule has 1 aromatic rings. The Balaban J connectivity index is 2.01. The maximum absolute atomic E-state index is 12.3. The minimum atomic E-state index is -0.0501. The van der Waals surface area contributed by atoms with Gasteiger partial charge in [0.25, 0.3) is 5.91 Å². The molecule has 0 aromatic carbocycles. The number of nitrogens with zero attached hydrogens (tertiary/aromatic N) is 3. The smallest absolute Gasteiger partial charge is 0.274 e. The van der Waals surface area contributed by atoms with E-state index < -0.39 is 0 Å². The summed E-state index contributed by atoms with van der Waals surface area (Å²) >= 11 is 0. The van der Waals surface area contributed by atoms with Crippen LogP contribution in [0.2, 0.25) is 0 Å². The number of carbonyl (C=O) groups is 1. The molecule has 2 rings (SSSR count). The SMILES string of the molecule is CCNc1cncc(C(=O)N2CCC(COC)C2)n1. The van der Waals surface area contributed by atoms with Gasteiger partial charge in [-0.2, -0.15) is 0 Å². The largest absolute Gasteiger partial charge is 0.384 e. The molecule has 1 saturated heterocycles. The highest BCUT2D eigenvalue weighted by atomic mass is 16.5. The molecule has 1 aromatic heterocycles. The number of hydrogen-bond acceptors (Lipinski definition) is 5. The van der Waals surface area contributed by atoms with Gasteiger partial charge in [0.1, 0.15) is 11.5 Å². The topological polar surface area (TPSA) is 67.4 Å². The summed E-state index contributed by atoms with van der Waals surface area (Å²) in [5.74, 6) is 1.02. The van der Waals surface area contributed by atoms with E-state index in [9.17, 15) is 4.79 Å². The molecule has 1 aliphatic rings. The summed E-state index contributed by atoms with van der Waals surface area (Å²) in [5, 5.41) is 3.06. The third kappa shape index (κ3) is 3.41. The van der Waals surface area contributed by atoms with Gasteiger partial charge in [-0.15, -0.1) is 0 Å². The van der Waals surface area contributed by atoms with Crippen LogP contribution in [0.25, 0.3) is 0 Å². The second kappa shape index (κ2) is 6.47. The van der Waals surface area contributed by atoms with Crippen molar-refractivity contribution in [2.75, 3.05) is 38.7 Å². The van der Waals surface area contributed by atoms with Crippen LogP contribution in [0, 0.1) is 5.92 Å². The lowest BCUT2D eigenvalue weighted by molar-refractivity contribution is 0.0769. The Morgan fingerprint density at radius 3 is 3.16 bits per heavy atom. The molecule has 0 bridgehead atoms. The maximum Gasteiger partial charge on any atom is 0.274 e. The van der Waals surface area contributed by atoms with E-state index in [1.807, 2.05) is 11.8 Å². The molecular weight excluding hydrogens is 244 g/mol. The van der Waals surface area contributed by atoms with Crippen LogP contribution in [0.4, 0.5) is 5.82 Å². The van der Waals surface area contributed by atoms with E-state index in [0.29, 0.717) is 24.0 Å². The summed E-state index contributed by atoms with van der Waals surface area (Å²) in [5.41, 5.74) is 0.400. The van der Waals surface area contributed by atoms with Crippen LogP contribution in [0.3, 0.4) is 0 Å². The van der Waals surface area contributed by atoms with Crippen molar-refractivity contribution in [2.24, 2.45) is 5.92 Å². The molecule has 6 heteroatoms. The standard InChI is InChI=1S/C13H20N4O2/c1-3-15-12-7-14-6-11(16-12)13(18)17-5-4-10(8-17)9-19-2/h6-7,10H,3-5,8-9H2,1-2H3,(H,15,16). The molecule has 1 aliphatic heterocycles. The zero-order valence-electron chi connectivity index (χ0n) is 11.4. The lowest BCUT2D eigenvalue weighted by Gasteiger charge is -2.16. The summed E-state index contributed by atoms with van der Waals surface area (Å²) in [4.78, 5) is 22.5. The number of carbonyl (C=O) groups excluding carboxylic acids is 1. The van der Waals surface area contributed by atoms with Gasteiger partial charge in [0, 0.05) is 32.7 Å². The quantitative estimate of drug-likeness (QED) is 0.860. The fourth-order valence-corrected chi connectivity index (χ4v) is 2.29. The highest BCUT2D eigenvalue weighted by molar-refractivity contribution is 5.92. The zero-order valence-corrected chi connectivity index (χ0v) is 11.4. The molecule has 0 spiro atoms. The van der Waals surface area contributed by atoms with Crippen molar-refractivity contribution in [2.45, 2.75) is 13.3 Å². The van der Waals surface area contributed by atoms with E-state index in [1.54, 1.807) is 13.3 Å². The van der Waals surface area contributed by atoms with Gasteiger partial charge in [-0.1, -0.05) is 0 Å². The zero-order chi connectivity index (χ0) is 13.7. The van der Waals surface area contributed by atoms with E-state index in [1.165, 1.54) is 6.20 Å². The minimum absolute atomic E-state index is 0.0501. The summed E-state index contributed by atoms with van der Waals surface area (Å²) in [6, 6.07) is 0. The number of methoxy groups -OCH3 is 1. The van der Waals surface area contributed by atoms with Crippen molar-refractivity contribution in [3.05, 3.63) is 18.1 Å². The number of likely N-dealkylation sites (tertiary alicyclic amines) is 1. The monoisotopic (exact) mass is 264 g/mol. The molecule has 6 nitrogen and oxygen atoms in total. The lowest BCUT2D eigenvalue weighted by atomic mass is 10.1. The molecule has 1 amide bonds. The van der Waals surface area contributed by atoms with Crippen LogP contribution in [0.5, 0.6) is 0 Å². The molecule has 0 aliphatic carbocycles. The Morgan fingerprint density at radius 2 is 2.42 bits per heavy atom. The molecule has 2 heterocycles. The summed E-state index contributed by atoms with van der Waals surface area (Å²) in [6.07, 6.45) is 4.13. The molecule has 0 radical (unpaired) electrons. The Bertz CT molecular complexity index is 438. The molecule has 1 unspecified atom stereocenters. The van der Waals surface area contributed by atoms with Gasteiger partial charge in [-0.05, 0) is 13.3 Å². The van der Waals surface area contributed by atoms with Crippen LogP contribution in [0.1, 0.15) is 23.8 Å². The average molecular weight is 264 g/mol. The third-order valence-electron chi connectivity index (χ3n) is 3.19. The molecular formula is C13H20N4O2. The minimum Gasteiger partial charge on any atom is -0.384 e. The van der Waals surface area contributed by atoms with Crippen LogP contribution in [-0.2, 0) is 4.74 Å². The first kappa shape index (κ1) is 13.7. The van der Waals surface area contributed by atoms with Gasteiger partial charge in [0.2, 0.25) is 0 Å². The van der Waals surface area contributed by atoms with Crippen molar-refractivity contribution < 1.29 is 9.53 Å². The van der Waals surface area contributed by atoms with Crippen molar-refractivity contribution in [3.8, 4) is 0 Å². The first-order valence-electron chi connectivity index (χ1n) is 6.58. The van der Waals surface area contributed by atoms with Crippen LogP contribution >= 0.6 is 0 Å². The Kier molecular flexibility index (Phi) is 4.68. The van der Waals surface area contributed by atoms with E-state index >= 15 is 0 Å². The molecule has 1 fully saturated rings. The second-order valence-electron chi connectivity index (χ2n) is 4.68. The average Bonchev–Trinajstić information content (AvgIpc) is 2.88. The van der Waals surface area contributed by atoms with E-state index in [2.05, 4.69) is 15.3 Å². The molecule has 104 valence electrons. The third-order valence-corrected chi connectivity index (χ3v) is 3.19. The number of ether oxygens (including phenoxy) is 1. The van der Waals surface area contributed by atoms with Crippen LogP contribution in [-0.4, -0.2) is 54.1 Å². The number of hydrogen-bond donors (Lipinski definition) is 1. The summed E-state index contributed by atoms with van der Waals surface area (Å²) < 4.78 is 5.13. The van der Waals surface area contributed by atoms with Gasteiger partial charge in [-0.25, -0.2) is 4.98 Å². The van der Waals surface area contributed by atoms with Crippen molar-refractivity contribution >= 4 is 11.7 Å². The number of nitrogens with one attached hydrogen (secondary N) is 1. The first-order valence-corrected chi connectivity index (χ1v) is 6.58. The Hall–Kier alpha value is -1.69. The van der Waals surface area contributed by atoms with Gasteiger partial charge in [0.05, 0.1) is 19.0 Å². The Morgan fingerprint density at radius 1 is 1.58 bits per heavy atom. The van der Waals surface area contributed by atoms with Gasteiger partial charge < -0.3 is 15.0 Å². The van der Waals surface area contributed by atoms with Gasteiger partial charge in [0.15, 0.2) is 0 Å². The van der Waals surface area contributed by atoms with E-state index in [0.717, 1.165) is 26.1 Å². The normalized spacial score (nSPS) is 18.6. The summed E-state index contributed by atoms with van der Waals surface area (Å²) in [6.45, 7) is 4.94. The van der Waals surface area contributed by atoms with Crippen LogP contribution in [0.15, 0.2) is 12.4 Å². The number of rotatable bonds is 5. The van der Waals surface area contributed by atoms with Gasteiger partial charge >= 0.3 is 0 Å². The van der Waals surface area contributed by atoms with E-state index in [-0.39, 0.29) is 5.91 Å². The van der Waals surface area contributed by atoms with Gasteiger partial charge in [-0.3, -0.25) is 9.78 Å². The number of anilines is 1. The molecule has 0 saturated carbocycles. The fourth-order valence-electron chi connectivity index (χ4n) is 2.29. The highest BCUT2D eigenvalue weighted by Gasteiger charge is 2.27. The van der Waals surface area contributed by atoms with Crippen LogP contribution < -0.4 is 5.32 Å². The molecule has 19 heavy (non-hydrogen) atoms. The first-order chi connectivity index (χ1) is 9.24. The molecule has 1 N–H and O–H groups in total. The Labute approximate surface area is 113 Å². The second-order valence-corrected chi connectivity index (χ2v) is 4.68. The number of amides is 1. The lowest BCUT2D eigenvalue weighted by Crippen LogP contribution is -2.30. The molecule has 1 atom stereocenters. The predicted molar refractivity (Wildman–Crippen MR) is 72.1 cm³/mol. The van der Waals surface area contributed by atoms with Crippen molar-refractivity contribution in [1.82, 2.24) is 14.9 Å². The fraction of sp³-hybridized carbons (Fsp3) is 0.615. The predicted octanol–water partition coefficient (Wildman–Crippen LogP) is 1.02. The van der Waals surface area contributed by atoms with Crippen molar-refractivity contribution in [1.29, 1.82) is 0 Å². The number of aromatic nitrogens is 2. The van der Waals surface area contributed by atoms with Crippen molar-refractivity contribution in [3.63, 3.8) is 0 Å². The van der Waals surface area contributed by atoms with E-state index in [4.69, 9.17) is 4.74 Å².